The lowest BCUT2D eigenvalue weighted by Crippen LogP contribution is -2.34. The van der Waals surface area contributed by atoms with Crippen LogP contribution in [0.25, 0.3) is 0 Å². The Labute approximate surface area is 77.3 Å². The molecular weight excluding hydrogens is 192 g/mol. The molecule has 1 aliphatic carbocycles. The molecule has 0 aromatic carbocycles. The van der Waals surface area contributed by atoms with Gasteiger partial charge in [0.2, 0.25) is 0 Å². The molecule has 2 rings (SSSR count). The van der Waals surface area contributed by atoms with Crippen LogP contribution in [0.15, 0.2) is 0 Å². The van der Waals surface area contributed by atoms with Crippen LogP contribution in [-0.4, -0.2) is 38.1 Å². The predicted molar refractivity (Wildman–Crippen MR) is 46.2 cm³/mol. The van der Waals surface area contributed by atoms with Gasteiger partial charge in [0, 0.05) is 19.0 Å². The van der Waals surface area contributed by atoms with Crippen molar-refractivity contribution in [1.82, 2.24) is 9.03 Å². The van der Waals surface area contributed by atoms with Crippen molar-refractivity contribution >= 4 is 16.0 Å². The van der Waals surface area contributed by atoms with Gasteiger partial charge in [-0.25, -0.2) is 4.72 Å². The summed E-state index contributed by atoms with van der Waals surface area (Å²) in [7, 11) is -3.33. The maximum absolute atomic E-state index is 11.3. The third-order valence-electron chi connectivity index (χ3n) is 2.35. The Balaban J connectivity index is 1.97. The fourth-order valence-electron chi connectivity index (χ4n) is 1.38. The van der Waals surface area contributed by atoms with Crippen LogP contribution in [0.1, 0.15) is 12.8 Å². The molecule has 0 unspecified atom stereocenters. The Kier molecular flexibility index (Phi) is 2.13. The fourth-order valence-corrected chi connectivity index (χ4v) is 2.54. The van der Waals surface area contributed by atoms with Crippen molar-refractivity contribution in [2.24, 2.45) is 5.92 Å². The van der Waals surface area contributed by atoms with Gasteiger partial charge in [0.1, 0.15) is 0 Å². The normalized spacial score (nSPS) is 27.7. The van der Waals surface area contributed by atoms with E-state index in [0.29, 0.717) is 13.1 Å². The number of carbonyl (C=O) groups is 1. The van der Waals surface area contributed by atoms with Crippen LogP contribution in [0.5, 0.6) is 0 Å². The lowest BCUT2D eigenvalue weighted by Gasteiger charge is -2.11. The Morgan fingerprint density at radius 2 is 2.15 bits per heavy atom. The molecule has 74 valence electrons. The van der Waals surface area contributed by atoms with Gasteiger partial charge in [-0.3, -0.25) is 4.79 Å². The van der Waals surface area contributed by atoms with Gasteiger partial charge in [0.15, 0.2) is 5.78 Å². The summed E-state index contributed by atoms with van der Waals surface area (Å²) in [6.07, 6.45) is 1.86. The van der Waals surface area contributed by atoms with Crippen molar-refractivity contribution in [3.63, 3.8) is 0 Å². The number of nitrogens with zero attached hydrogens (tertiary/aromatic N) is 1. The van der Waals surface area contributed by atoms with Crippen LogP contribution in [0.3, 0.4) is 0 Å². The molecule has 1 N–H and O–H groups in total. The maximum Gasteiger partial charge on any atom is 0.279 e. The molecule has 1 aliphatic heterocycles. The first-order valence-electron chi connectivity index (χ1n) is 4.37. The molecular formula is C7H12N2O3S. The molecule has 0 spiro atoms. The summed E-state index contributed by atoms with van der Waals surface area (Å²) in [5.74, 6) is 0.197. The first-order chi connectivity index (χ1) is 6.09. The van der Waals surface area contributed by atoms with E-state index < -0.39 is 10.2 Å². The second-order valence-corrected chi connectivity index (χ2v) is 5.23. The molecule has 5 nitrogen and oxygen atoms in total. The van der Waals surface area contributed by atoms with Gasteiger partial charge in [-0.15, -0.1) is 0 Å². The highest BCUT2D eigenvalue weighted by molar-refractivity contribution is 7.87. The van der Waals surface area contributed by atoms with Gasteiger partial charge >= 0.3 is 0 Å². The summed E-state index contributed by atoms with van der Waals surface area (Å²) in [6, 6.07) is 0. The van der Waals surface area contributed by atoms with Crippen LogP contribution in [0.4, 0.5) is 0 Å². The third-order valence-corrected chi connectivity index (χ3v) is 3.91. The highest BCUT2D eigenvalue weighted by Gasteiger charge is 2.35. The Morgan fingerprint density at radius 1 is 1.46 bits per heavy atom. The number of rotatable bonds is 3. The Hall–Kier alpha value is -0.460. The molecule has 1 heterocycles. The second kappa shape index (κ2) is 3.04. The van der Waals surface area contributed by atoms with Crippen LogP contribution in [0.2, 0.25) is 0 Å². The molecule has 0 aromatic rings. The first kappa shape index (κ1) is 9.11. The van der Waals surface area contributed by atoms with Crippen molar-refractivity contribution in [2.45, 2.75) is 12.8 Å². The smallest absolute Gasteiger partial charge is 0.279 e. The average Bonchev–Trinajstić information content (AvgIpc) is 2.80. The highest BCUT2D eigenvalue weighted by Crippen LogP contribution is 2.30. The molecule has 0 atom stereocenters. The zero-order valence-electron chi connectivity index (χ0n) is 7.19. The molecule has 2 aliphatic rings. The topological polar surface area (TPSA) is 66.5 Å². The standard InChI is InChI=1S/C7H12N2O3S/c10-7(6-1-2-6)5-9-4-3-8-13(9,11)12/h6,8H,1-5H2. The zero-order chi connectivity index (χ0) is 9.47. The lowest BCUT2D eigenvalue weighted by atomic mass is 10.3. The van der Waals surface area contributed by atoms with Crippen molar-refractivity contribution in [3.8, 4) is 0 Å². The monoisotopic (exact) mass is 204 g/mol. The highest BCUT2D eigenvalue weighted by atomic mass is 32.2. The number of carbonyl (C=O) groups excluding carboxylic acids is 1. The SMILES string of the molecule is O=C(CN1CCNS1(=O)=O)C1CC1. The molecule has 0 amide bonds. The number of hydrogen-bond acceptors (Lipinski definition) is 3. The fraction of sp³-hybridized carbons (Fsp3) is 0.857. The van der Waals surface area contributed by atoms with Gasteiger partial charge in [-0.05, 0) is 12.8 Å². The van der Waals surface area contributed by atoms with Crippen molar-refractivity contribution < 1.29 is 13.2 Å². The Morgan fingerprint density at radius 3 is 2.62 bits per heavy atom. The second-order valence-electron chi connectivity index (χ2n) is 3.47. The van der Waals surface area contributed by atoms with Gasteiger partial charge in [0.05, 0.1) is 6.54 Å². The van der Waals surface area contributed by atoms with Gasteiger partial charge in [-0.1, -0.05) is 0 Å². The summed E-state index contributed by atoms with van der Waals surface area (Å²) < 4.78 is 26.0. The number of Topliss-reactive ketones (excluding diaryl/α,β-unsaturated/α-hetero) is 1. The lowest BCUT2D eigenvalue weighted by molar-refractivity contribution is -0.120. The van der Waals surface area contributed by atoms with Crippen LogP contribution >= 0.6 is 0 Å². The minimum atomic E-state index is -3.33. The van der Waals surface area contributed by atoms with Crippen LogP contribution in [0, 0.1) is 5.92 Å². The van der Waals surface area contributed by atoms with E-state index in [1.165, 1.54) is 4.31 Å². The molecule has 1 saturated heterocycles. The molecule has 0 bridgehead atoms. The van der Waals surface area contributed by atoms with Gasteiger partial charge in [-0.2, -0.15) is 12.7 Å². The van der Waals surface area contributed by atoms with Gasteiger partial charge in [0.25, 0.3) is 10.2 Å². The third kappa shape index (κ3) is 1.90. The molecule has 13 heavy (non-hydrogen) atoms. The van der Waals surface area contributed by atoms with Crippen molar-refractivity contribution in [2.75, 3.05) is 19.6 Å². The number of ketones is 1. The Bertz CT molecular complexity index is 321. The van der Waals surface area contributed by atoms with E-state index >= 15 is 0 Å². The first-order valence-corrected chi connectivity index (χ1v) is 5.81. The van der Waals surface area contributed by atoms with Crippen LogP contribution in [-0.2, 0) is 15.0 Å². The summed E-state index contributed by atoms with van der Waals surface area (Å²) in [5.41, 5.74) is 0. The molecule has 0 radical (unpaired) electrons. The largest absolute Gasteiger partial charge is 0.298 e. The molecule has 2 fully saturated rings. The summed E-state index contributed by atoms with van der Waals surface area (Å²) in [6.45, 7) is 0.890. The van der Waals surface area contributed by atoms with Crippen molar-refractivity contribution in [1.29, 1.82) is 0 Å². The van der Waals surface area contributed by atoms with Gasteiger partial charge < -0.3 is 0 Å². The quantitative estimate of drug-likeness (QED) is 0.649. The average molecular weight is 204 g/mol. The summed E-state index contributed by atoms with van der Waals surface area (Å²) in [4.78, 5) is 11.3. The zero-order valence-corrected chi connectivity index (χ0v) is 8.01. The number of hydrogen-bond donors (Lipinski definition) is 1. The minimum Gasteiger partial charge on any atom is -0.298 e. The molecule has 0 aromatic heterocycles. The maximum atomic E-state index is 11.3. The van der Waals surface area contributed by atoms with E-state index in [1.54, 1.807) is 0 Å². The summed E-state index contributed by atoms with van der Waals surface area (Å²) >= 11 is 0. The predicted octanol–water partition coefficient (Wildman–Crippen LogP) is -0.885. The van der Waals surface area contributed by atoms with E-state index in [1.807, 2.05) is 0 Å². The van der Waals surface area contributed by atoms with E-state index in [9.17, 15) is 13.2 Å². The number of nitrogens with one attached hydrogen (secondary N) is 1. The van der Waals surface area contributed by atoms with Crippen LogP contribution < -0.4 is 4.72 Å². The van der Waals surface area contributed by atoms with E-state index in [2.05, 4.69) is 4.72 Å². The van der Waals surface area contributed by atoms with E-state index in [0.717, 1.165) is 12.8 Å². The van der Waals surface area contributed by atoms with E-state index in [-0.39, 0.29) is 18.2 Å². The minimum absolute atomic E-state index is 0.0556. The molecule has 1 saturated carbocycles. The summed E-state index contributed by atoms with van der Waals surface area (Å²) in [5, 5.41) is 0. The van der Waals surface area contributed by atoms with Crippen molar-refractivity contribution in [3.05, 3.63) is 0 Å². The van der Waals surface area contributed by atoms with E-state index in [4.69, 9.17) is 0 Å². The molecule has 6 heteroatoms.